The summed E-state index contributed by atoms with van der Waals surface area (Å²) >= 11 is 0. The van der Waals surface area contributed by atoms with Crippen molar-refractivity contribution in [3.05, 3.63) is 89.6 Å². The molecule has 9 nitrogen and oxygen atoms in total. The maximum Gasteiger partial charge on any atom is 0.416 e. The second-order valence-electron chi connectivity index (χ2n) is 10.8. The van der Waals surface area contributed by atoms with Gasteiger partial charge in [0.1, 0.15) is 6.33 Å². The summed E-state index contributed by atoms with van der Waals surface area (Å²) in [5.74, 6) is -0.313. The summed E-state index contributed by atoms with van der Waals surface area (Å²) in [4.78, 5) is 34.4. The van der Waals surface area contributed by atoms with Gasteiger partial charge in [0.25, 0.3) is 5.91 Å². The molecule has 1 aliphatic rings. The first kappa shape index (κ1) is 31.0. The molecule has 1 saturated heterocycles. The van der Waals surface area contributed by atoms with E-state index in [9.17, 15) is 18.0 Å². The van der Waals surface area contributed by atoms with Gasteiger partial charge in [0, 0.05) is 66.8 Å². The lowest BCUT2D eigenvalue weighted by molar-refractivity contribution is -0.138. The predicted octanol–water partition coefficient (Wildman–Crippen LogP) is 6.17. The number of rotatable bonds is 10. The van der Waals surface area contributed by atoms with Crippen molar-refractivity contribution < 1.29 is 18.0 Å². The number of hydrogen-bond donors (Lipinski definition) is 2. The van der Waals surface area contributed by atoms with E-state index in [0.29, 0.717) is 29.1 Å². The van der Waals surface area contributed by atoms with Gasteiger partial charge in [-0.3, -0.25) is 14.6 Å². The number of likely N-dealkylation sites (N-methyl/N-ethyl adjacent to an activating group) is 1. The van der Waals surface area contributed by atoms with Crippen LogP contribution in [0.3, 0.4) is 0 Å². The van der Waals surface area contributed by atoms with E-state index in [1.54, 1.807) is 42.9 Å². The molecule has 2 aromatic carbocycles. The monoisotopic (exact) mass is 604 g/mol. The third-order valence-corrected chi connectivity index (χ3v) is 7.90. The molecule has 1 fully saturated rings. The zero-order valence-corrected chi connectivity index (χ0v) is 24.9. The summed E-state index contributed by atoms with van der Waals surface area (Å²) in [6, 6.07) is 11.1. The zero-order valence-electron chi connectivity index (χ0n) is 24.9. The summed E-state index contributed by atoms with van der Waals surface area (Å²) in [5.41, 5.74) is 2.56. The molecule has 1 amide bonds. The quantitative estimate of drug-likeness (QED) is 0.222. The van der Waals surface area contributed by atoms with Crippen LogP contribution >= 0.6 is 0 Å². The van der Waals surface area contributed by atoms with Crippen molar-refractivity contribution in [3.8, 4) is 11.3 Å². The van der Waals surface area contributed by atoms with Crippen molar-refractivity contribution in [2.45, 2.75) is 46.0 Å². The van der Waals surface area contributed by atoms with Crippen molar-refractivity contribution in [1.29, 1.82) is 0 Å². The summed E-state index contributed by atoms with van der Waals surface area (Å²) < 4.78 is 42.5. The third-order valence-electron chi connectivity index (χ3n) is 7.90. The van der Waals surface area contributed by atoms with Crippen LogP contribution in [0.4, 0.5) is 30.5 Å². The van der Waals surface area contributed by atoms with Gasteiger partial charge in [-0.2, -0.15) is 13.2 Å². The van der Waals surface area contributed by atoms with Crippen LogP contribution in [-0.4, -0.2) is 67.9 Å². The highest BCUT2D eigenvalue weighted by atomic mass is 19.4. The number of aryl methyl sites for hydroxylation is 1. The molecule has 1 unspecified atom stereocenters. The van der Waals surface area contributed by atoms with Gasteiger partial charge in [0.05, 0.1) is 11.3 Å². The fourth-order valence-corrected chi connectivity index (χ4v) is 5.52. The molecule has 3 heterocycles. The van der Waals surface area contributed by atoms with Gasteiger partial charge in [-0.1, -0.05) is 26.0 Å². The lowest BCUT2D eigenvalue weighted by Crippen LogP contribution is -2.37. The van der Waals surface area contributed by atoms with Crippen LogP contribution in [0.5, 0.6) is 0 Å². The van der Waals surface area contributed by atoms with E-state index in [1.807, 2.05) is 6.92 Å². The molecule has 12 heteroatoms. The van der Waals surface area contributed by atoms with Crippen LogP contribution < -0.4 is 10.6 Å². The highest BCUT2D eigenvalue weighted by molar-refractivity contribution is 6.04. The van der Waals surface area contributed by atoms with E-state index in [4.69, 9.17) is 0 Å². The molecule has 230 valence electrons. The standard InChI is InChI=1S/C32H35F3N8O/c1-4-43(5-2)26-11-13-42(19-26)18-23-8-7-22(14-27(23)32(33,34)35)30(44)39-25-9-6-21(3)29(15-25)41-31-38-12-10-28(40-31)24-16-36-20-37-17-24/h6-10,12,14-17,20,26H,4-5,11,13,18-19H2,1-3H3,(H,39,44)(H,38,40,41). The molecular weight excluding hydrogens is 569 g/mol. The highest BCUT2D eigenvalue weighted by Gasteiger charge is 2.35. The summed E-state index contributed by atoms with van der Waals surface area (Å²) in [5, 5.41) is 5.88. The summed E-state index contributed by atoms with van der Waals surface area (Å²) in [6.07, 6.45) is 2.66. The van der Waals surface area contributed by atoms with Crippen LogP contribution in [0.1, 0.15) is 47.3 Å². The van der Waals surface area contributed by atoms with Crippen LogP contribution in [0.15, 0.2) is 67.4 Å². The smallest absolute Gasteiger partial charge is 0.324 e. The number of likely N-dealkylation sites (tertiary alicyclic amines) is 1. The third kappa shape index (κ3) is 7.37. The Labute approximate surface area is 254 Å². The van der Waals surface area contributed by atoms with Crippen LogP contribution in [-0.2, 0) is 12.7 Å². The number of aromatic nitrogens is 4. The molecule has 1 atom stereocenters. The number of benzene rings is 2. The lowest BCUT2D eigenvalue weighted by Gasteiger charge is -2.26. The number of hydrogen-bond acceptors (Lipinski definition) is 8. The van der Waals surface area contributed by atoms with Crippen LogP contribution in [0.2, 0.25) is 0 Å². The molecule has 1 aliphatic heterocycles. The van der Waals surface area contributed by atoms with Gasteiger partial charge < -0.3 is 10.6 Å². The Kier molecular flexibility index (Phi) is 9.50. The average Bonchev–Trinajstić information content (AvgIpc) is 3.47. The molecule has 0 radical (unpaired) electrons. The Morgan fingerprint density at radius 3 is 2.57 bits per heavy atom. The second kappa shape index (κ2) is 13.5. The number of amides is 1. The molecule has 0 spiro atoms. The number of nitrogens with one attached hydrogen (secondary N) is 2. The van der Waals surface area contributed by atoms with Gasteiger partial charge in [-0.15, -0.1) is 0 Å². The molecule has 2 N–H and O–H groups in total. The highest BCUT2D eigenvalue weighted by Crippen LogP contribution is 2.34. The average molecular weight is 605 g/mol. The van der Waals surface area contributed by atoms with E-state index < -0.39 is 17.6 Å². The minimum Gasteiger partial charge on any atom is -0.324 e. The van der Waals surface area contributed by atoms with Gasteiger partial charge in [-0.05, 0) is 67.9 Å². The van der Waals surface area contributed by atoms with Gasteiger partial charge in [0.2, 0.25) is 5.95 Å². The number of nitrogens with zero attached hydrogens (tertiary/aromatic N) is 6. The maximum absolute atomic E-state index is 14.2. The maximum atomic E-state index is 14.2. The Balaban J connectivity index is 1.30. The number of anilines is 3. The fourth-order valence-electron chi connectivity index (χ4n) is 5.52. The van der Waals surface area contributed by atoms with E-state index in [2.05, 4.69) is 54.2 Å². The molecule has 0 aliphatic carbocycles. The van der Waals surface area contributed by atoms with Crippen molar-refractivity contribution in [2.75, 3.05) is 36.8 Å². The van der Waals surface area contributed by atoms with Crippen LogP contribution in [0.25, 0.3) is 11.3 Å². The molecule has 0 saturated carbocycles. The van der Waals surface area contributed by atoms with E-state index in [1.165, 1.54) is 18.5 Å². The fraction of sp³-hybridized carbons (Fsp3) is 0.344. The molecule has 0 bridgehead atoms. The van der Waals surface area contributed by atoms with E-state index >= 15 is 0 Å². The molecule has 4 aromatic rings. The van der Waals surface area contributed by atoms with Crippen LogP contribution in [0, 0.1) is 6.92 Å². The minimum atomic E-state index is -4.59. The Bertz CT molecular complexity index is 1590. The largest absolute Gasteiger partial charge is 0.416 e. The van der Waals surface area contributed by atoms with Crippen molar-refractivity contribution in [3.63, 3.8) is 0 Å². The van der Waals surface area contributed by atoms with Crippen molar-refractivity contribution in [2.24, 2.45) is 0 Å². The predicted molar refractivity (Wildman–Crippen MR) is 164 cm³/mol. The minimum absolute atomic E-state index is 0.0697. The van der Waals surface area contributed by atoms with Crippen molar-refractivity contribution in [1.82, 2.24) is 29.7 Å². The molecule has 44 heavy (non-hydrogen) atoms. The zero-order chi connectivity index (χ0) is 31.3. The van der Waals surface area contributed by atoms with Gasteiger partial charge >= 0.3 is 6.18 Å². The molecule has 2 aromatic heterocycles. The first-order chi connectivity index (χ1) is 21.1. The Hall–Kier alpha value is -4.42. The number of halogens is 3. The normalized spacial score (nSPS) is 15.5. The van der Waals surface area contributed by atoms with E-state index in [0.717, 1.165) is 49.8 Å². The Morgan fingerprint density at radius 2 is 1.84 bits per heavy atom. The lowest BCUT2D eigenvalue weighted by atomic mass is 10.0. The topological polar surface area (TPSA) is 99.2 Å². The van der Waals surface area contributed by atoms with Gasteiger partial charge in [-0.25, -0.2) is 19.9 Å². The molecular formula is C32H35F3N8O. The van der Waals surface area contributed by atoms with Crippen molar-refractivity contribution >= 4 is 23.2 Å². The number of carbonyl (C=O) groups excluding carboxylic acids is 1. The SMILES string of the molecule is CCN(CC)C1CCN(Cc2ccc(C(=O)Nc3ccc(C)c(Nc4nccc(-c5cncnc5)n4)c3)cc2C(F)(F)F)C1. The first-order valence-electron chi connectivity index (χ1n) is 14.6. The second-order valence-corrected chi connectivity index (χ2v) is 10.8. The van der Waals surface area contributed by atoms with E-state index in [-0.39, 0.29) is 17.7 Å². The van der Waals surface area contributed by atoms with Gasteiger partial charge in [0.15, 0.2) is 0 Å². The summed E-state index contributed by atoms with van der Waals surface area (Å²) in [6.45, 7) is 9.54. The Morgan fingerprint density at radius 1 is 1.07 bits per heavy atom. The molecule has 5 rings (SSSR count). The number of alkyl halides is 3. The first-order valence-corrected chi connectivity index (χ1v) is 14.6. The number of carbonyl (C=O) groups is 1. The summed E-state index contributed by atoms with van der Waals surface area (Å²) in [7, 11) is 0.